The smallest absolute Gasteiger partial charge is 0.258 e. The molecule has 1 aromatic carbocycles. The van der Waals surface area contributed by atoms with Gasteiger partial charge in [-0.2, -0.15) is 0 Å². The van der Waals surface area contributed by atoms with E-state index in [0.717, 1.165) is 4.80 Å². The summed E-state index contributed by atoms with van der Waals surface area (Å²) < 4.78 is 0. The van der Waals surface area contributed by atoms with E-state index in [-0.39, 0.29) is 16.5 Å². The van der Waals surface area contributed by atoms with Crippen LogP contribution in [0.1, 0.15) is 0 Å². The molecule has 0 spiro atoms. The lowest BCUT2D eigenvalue weighted by atomic mass is 10.3. The van der Waals surface area contributed by atoms with E-state index in [0.29, 0.717) is 0 Å². The van der Waals surface area contributed by atoms with Crippen LogP contribution in [0.25, 0.3) is 5.69 Å². The zero-order chi connectivity index (χ0) is 10.8. The maximum atomic E-state index is 10.7. The highest BCUT2D eigenvalue weighted by atomic mass is 32.1. The number of nitro benzene ring substituents is 1. The number of nitrogens with zero attached hydrogens (tertiary/aromatic N) is 5. The van der Waals surface area contributed by atoms with E-state index in [1.807, 2.05) is 0 Å². The molecule has 8 heteroatoms. The van der Waals surface area contributed by atoms with Gasteiger partial charge in [-0.3, -0.25) is 10.1 Å². The molecule has 0 aliphatic heterocycles. The second-order valence-corrected chi connectivity index (χ2v) is 3.02. The molecule has 0 fully saturated rings. The van der Waals surface area contributed by atoms with E-state index in [9.17, 15) is 10.1 Å². The summed E-state index contributed by atoms with van der Waals surface area (Å²) >= 11 is 3.87. The normalized spacial score (nSPS) is 10.2. The van der Waals surface area contributed by atoms with Gasteiger partial charge in [0.2, 0.25) is 5.16 Å². The van der Waals surface area contributed by atoms with Crippen LogP contribution in [-0.2, 0) is 0 Å². The summed E-state index contributed by atoms with van der Waals surface area (Å²) in [6.45, 7) is 0. The Morgan fingerprint density at radius 2 is 2.13 bits per heavy atom. The van der Waals surface area contributed by atoms with Crippen molar-refractivity contribution in [3.05, 3.63) is 34.4 Å². The van der Waals surface area contributed by atoms with Crippen molar-refractivity contribution >= 4 is 18.3 Å². The summed E-state index contributed by atoms with van der Waals surface area (Å²) in [6.07, 6.45) is 0. The maximum Gasteiger partial charge on any atom is 0.296 e. The van der Waals surface area contributed by atoms with Crippen LogP contribution in [0, 0.1) is 10.1 Å². The Morgan fingerprint density at radius 3 is 2.73 bits per heavy atom. The van der Waals surface area contributed by atoms with E-state index in [1.165, 1.54) is 12.1 Å². The first-order chi connectivity index (χ1) is 7.18. The Bertz CT molecular complexity index is 512. The molecule has 76 valence electrons. The molecule has 0 saturated carbocycles. The Hall–Kier alpha value is -1.96. The molecule has 0 unspecified atom stereocenters. The van der Waals surface area contributed by atoms with Crippen LogP contribution in [-0.4, -0.2) is 25.1 Å². The molecular weight excluding hydrogens is 218 g/mol. The standard InChI is InChI=1S/C7H5N5O2S/c13-12(14)6-4-2-1-3-5(6)11-9-7(15)8-10-11/h1-4H,(H,9,15). The van der Waals surface area contributed by atoms with Gasteiger partial charge in [0.25, 0.3) is 5.69 Å². The van der Waals surface area contributed by atoms with Crippen molar-refractivity contribution in [1.29, 1.82) is 0 Å². The lowest BCUT2D eigenvalue weighted by Gasteiger charge is -1.98. The number of rotatable bonds is 2. The average Bonchev–Trinajstić information content (AvgIpc) is 2.65. The van der Waals surface area contributed by atoms with Gasteiger partial charge < -0.3 is 0 Å². The lowest BCUT2D eigenvalue weighted by Crippen LogP contribution is -2.03. The van der Waals surface area contributed by atoms with Crippen LogP contribution in [0.4, 0.5) is 5.69 Å². The molecule has 0 aliphatic rings. The zero-order valence-electron chi connectivity index (χ0n) is 7.31. The molecular formula is C7H5N5O2S. The highest BCUT2D eigenvalue weighted by molar-refractivity contribution is 7.80. The van der Waals surface area contributed by atoms with Crippen molar-refractivity contribution in [2.75, 3.05) is 0 Å². The molecule has 2 aromatic rings. The Kier molecular flexibility index (Phi) is 2.34. The molecule has 2 rings (SSSR count). The lowest BCUT2D eigenvalue weighted by molar-refractivity contribution is -0.384. The monoisotopic (exact) mass is 223 g/mol. The molecule has 1 aromatic heterocycles. The Balaban J connectivity index is 2.57. The van der Waals surface area contributed by atoms with E-state index < -0.39 is 4.92 Å². The number of hydrogen-bond acceptors (Lipinski definition) is 6. The van der Waals surface area contributed by atoms with Crippen molar-refractivity contribution in [3.63, 3.8) is 0 Å². The number of benzene rings is 1. The maximum absolute atomic E-state index is 10.7. The van der Waals surface area contributed by atoms with Gasteiger partial charge in [0.05, 0.1) is 4.92 Å². The van der Waals surface area contributed by atoms with Gasteiger partial charge in [0.15, 0.2) is 5.69 Å². The average molecular weight is 223 g/mol. The highest BCUT2D eigenvalue weighted by Crippen LogP contribution is 2.20. The van der Waals surface area contributed by atoms with Crippen molar-refractivity contribution in [2.24, 2.45) is 0 Å². The Morgan fingerprint density at radius 1 is 1.40 bits per heavy atom. The van der Waals surface area contributed by atoms with Crippen molar-refractivity contribution in [2.45, 2.75) is 5.16 Å². The largest absolute Gasteiger partial charge is 0.296 e. The number of aromatic nitrogens is 4. The molecule has 0 N–H and O–H groups in total. The molecule has 0 saturated heterocycles. The quantitative estimate of drug-likeness (QED) is 0.463. The second kappa shape index (κ2) is 3.65. The Labute approximate surface area is 89.3 Å². The first-order valence-electron chi connectivity index (χ1n) is 3.91. The predicted molar refractivity (Wildman–Crippen MR) is 53.1 cm³/mol. The SMILES string of the molecule is O=[N+]([O-])c1ccccc1-n1nnc(S)n1. The first-order valence-corrected chi connectivity index (χ1v) is 4.36. The summed E-state index contributed by atoms with van der Waals surface area (Å²) in [5, 5.41) is 21.8. The van der Waals surface area contributed by atoms with Gasteiger partial charge in [-0.1, -0.05) is 24.8 Å². The van der Waals surface area contributed by atoms with Crippen LogP contribution in [0.5, 0.6) is 0 Å². The number of hydrogen-bond donors (Lipinski definition) is 1. The van der Waals surface area contributed by atoms with E-state index >= 15 is 0 Å². The van der Waals surface area contributed by atoms with Gasteiger partial charge in [0.1, 0.15) is 0 Å². The van der Waals surface area contributed by atoms with Crippen molar-refractivity contribution in [3.8, 4) is 5.69 Å². The molecule has 0 aliphatic carbocycles. The number of thiol groups is 1. The van der Waals surface area contributed by atoms with Crippen LogP contribution in [0.2, 0.25) is 0 Å². The fourth-order valence-corrected chi connectivity index (χ4v) is 1.22. The minimum absolute atomic E-state index is 0.0803. The fraction of sp³-hybridized carbons (Fsp3) is 0. The number of tetrazole rings is 1. The minimum atomic E-state index is -0.503. The number of para-hydroxylation sites is 2. The van der Waals surface area contributed by atoms with Crippen LogP contribution in [0.3, 0.4) is 0 Å². The van der Waals surface area contributed by atoms with E-state index in [2.05, 4.69) is 28.0 Å². The van der Waals surface area contributed by atoms with Gasteiger partial charge >= 0.3 is 0 Å². The minimum Gasteiger partial charge on any atom is -0.258 e. The third kappa shape index (κ3) is 1.79. The van der Waals surface area contributed by atoms with E-state index in [4.69, 9.17) is 0 Å². The molecule has 1 heterocycles. The number of nitro groups is 1. The first kappa shape index (κ1) is 9.59. The van der Waals surface area contributed by atoms with Crippen LogP contribution >= 0.6 is 12.6 Å². The van der Waals surface area contributed by atoms with Gasteiger partial charge in [0, 0.05) is 6.07 Å². The fourth-order valence-electron chi connectivity index (χ4n) is 1.10. The molecule has 0 radical (unpaired) electrons. The highest BCUT2D eigenvalue weighted by Gasteiger charge is 2.15. The predicted octanol–water partition coefficient (Wildman–Crippen LogP) is 0.859. The molecule has 7 nitrogen and oxygen atoms in total. The zero-order valence-corrected chi connectivity index (χ0v) is 8.20. The van der Waals surface area contributed by atoms with Gasteiger partial charge in [-0.05, 0) is 11.3 Å². The second-order valence-electron chi connectivity index (χ2n) is 2.62. The van der Waals surface area contributed by atoms with Crippen molar-refractivity contribution < 1.29 is 4.92 Å². The molecule has 0 amide bonds. The summed E-state index contributed by atoms with van der Waals surface area (Å²) in [6, 6.07) is 6.13. The van der Waals surface area contributed by atoms with Gasteiger partial charge in [-0.25, -0.2) is 0 Å². The molecule has 0 bridgehead atoms. The van der Waals surface area contributed by atoms with Crippen molar-refractivity contribution in [1.82, 2.24) is 20.2 Å². The van der Waals surface area contributed by atoms with Gasteiger partial charge in [-0.15, -0.1) is 15.0 Å². The molecule has 0 atom stereocenters. The summed E-state index contributed by atoms with van der Waals surface area (Å²) in [7, 11) is 0. The third-order valence-electron chi connectivity index (χ3n) is 1.70. The summed E-state index contributed by atoms with van der Waals surface area (Å²) in [5.74, 6) is 0. The summed E-state index contributed by atoms with van der Waals surface area (Å²) in [5.41, 5.74) is 0.179. The van der Waals surface area contributed by atoms with E-state index in [1.54, 1.807) is 12.1 Å². The van der Waals surface area contributed by atoms with Crippen LogP contribution in [0.15, 0.2) is 29.4 Å². The summed E-state index contributed by atoms with van der Waals surface area (Å²) in [4.78, 5) is 11.3. The third-order valence-corrected chi connectivity index (χ3v) is 1.88. The topological polar surface area (TPSA) is 86.7 Å². The molecule has 15 heavy (non-hydrogen) atoms. The van der Waals surface area contributed by atoms with Crippen LogP contribution < -0.4 is 0 Å².